The van der Waals surface area contributed by atoms with E-state index < -0.39 is 112 Å². The molecule has 18 heteroatoms. The smallest absolute Gasteiger partial charge is 0.344 e. The monoisotopic (exact) mass is 589 g/mol. The largest absolute Gasteiger partial charge is 0.479 e. The van der Waals surface area contributed by atoms with Gasteiger partial charge in [0, 0.05) is 0 Å². The summed E-state index contributed by atoms with van der Waals surface area (Å²) in [5.74, 6) is -1.35. The van der Waals surface area contributed by atoms with Crippen LogP contribution in [-0.2, 0) is 28.6 Å². The lowest BCUT2D eigenvalue weighted by molar-refractivity contribution is -0.332. The molecule has 0 bridgehead atoms. The molecule has 234 valence electrons. The summed E-state index contributed by atoms with van der Waals surface area (Å²) in [6.07, 6.45) is -21.7. The van der Waals surface area contributed by atoms with Crippen molar-refractivity contribution in [3.8, 4) is 0 Å². The molecule has 2 fully saturated rings. The van der Waals surface area contributed by atoms with Gasteiger partial charge in [-0.15, -0.1) is 0 Å². The lowest BCUT2D eigenvalue weighted by Gasteiger charge is -2.43. The quantitative estimate of drug-likeness (QED) is 0.0625. The Bertz CT molecular complexity index is 790. The van der Waals surface area contributed by atoms with Gasteiger partial charge in [0.15, 0.2) is 12.6 Å². The van der Waals surface area contributed by atoms with Gasteiger partial charge in [-0.1, -0.05) is 18.5 Å². The van der Waals surface area contributed by atoms with Crippen LogP contribution in [0, 0.1) is 0 Å². The molecule has 0 amide bonds. The zero-order valence-corrected chi connectivity index (χ0v) is 21.5. The van der Waals surface area contributed by atoms with E-state index in [1.54, 1.807) is 0 Å². The molecule has 2 rings (SSSR count). The van der Waals surface area contributed by atoms with Crippen molar-refractivity contribution >= 4 is 12.2 Å². The number of hydrogen-bond acceptors (Lipinski definition) is 17. The summed E-state index contributed by atoms with van der Waals surface area (Å²) in [4.78, 5) is 14.6. The zero-order chi connectivity index (χ0) is 30.1. The highest BCUT2D eigenvalue weighted by atomic mass is 16.7. The molecule has 0 spiro atoms. The number of ether oxygens (including phenoxy) is 4. The van der Waals surface area contributed by atoms with E-state index in [0.717, 1.165) is 0 Å². The van der Waals surface area contributed by atoms with Crippen LogP contribution in [0.15, 0.2) is 5.16 Å². The summed E-state index contributed by atoms with van der Waals surface area (Å²) in [5, 5.41) is 113. The Labute approximate surface area is 228 Å². The van der Waals surface area contributed by atoms with Gasteiger partial charge in [-0.05, 0) is 6.42 Å². The molecular weight excluding hydrogens is 550 g/mol. The van der Waals surface area contributed by atoms with E-state index in [9.17, 15) is 55.9 Å². The van der Waals surface area contributed by atoms with Crippen LogP contribution in [0.4, 0.5) is 0 Å². The van der Waals surface area contributed by atoms with E-state index in [1.807, 2.05) is 6.92 Å². The van der Waals surface area contributed by atoms with Crippen molar-refractivity contribution in [2.75, 3.05) is 19.8 Å². The molecule has 2 aliphatic rings. The normalized spacial score (nSPS) is 38.1. The molecule has 11 N–H and O–H groups in total. The molecular formula is C22H39NO17. The number of hydrogen-bond donors (Lipinski definition) is 11. The van der Waals surface area contributed by atoms with Crippen molar-refractivity contribution in [1.29, 1.82) is 0 Å². The van der Waals surface area contributed by atoms with Gasteiger partial charge in [0.25, 0.3) is 0 Å². The van der Waals surface area contributed by atoms with Gasteiger partial charge < -0.3 is 80.0 Å². The SMILES string of the molecule is CCCC1O[C@H](OCC2O[C@H](OCC(O)[C@@H](O)C(O)C(O)/C=N/OCC(=O)O)C(O)C(O)[C@@H]2O)C(O)C(O)[C@@H]1O. The van der Waals surface area contributed by atoms with Crippen LogP contribution in [0.1, 0.15) is 19.8 Å². The number of aliphatic hydroxyl groups excluding tert-OH is 10. The Morgan fingerprint density at radius 2 is 1.38 bits per heavy atom. The van der Waals surface area contributed by atoms with Crippen LogP contribution in [0.25, 0.3) is 0 Å². The molecule has 18 nitrogen and oxygen atoms in total. The summed E-state index contributed by atoms with van der Waals surface area (Å²) < 4.78 is 21.5. The Kier molecular flexibility index (Phi) is 13.9. The summed E-state index contributed by atoms with van der Waals surface area (Å²) >= 11 is 0. The van der Waals surface area contributed by atoms with Gasteiger partial charge in [-0.25, -0.2) is 4.79 Å². The lowest BCUT2D eigenvalue weighted by atomic mass is 9.96. The fourth-order valence-corrected chi connectivity index (χ4v) is 3.97. The Balaban J connectivity index is 1.92. The maximum Gasteiger partial charge on any atom is 0.344 e. The first-order valence-corrected chi connectivity index (χ1v) is 12.5. The Morgan fingerprint density at radius 1 is 0.825 bits per heavy atom. The van der Waals surface area contributed by atoms with Crippen molar-refractivity contribution in [3.63, 3.8) is 0 Å². The van der Waals surface area contributed by atoms with Crippen molar-refractivity contribution in [2.24, 2.45) is 5.16 Å². The highest BCUT2D eigenvalue weighted by Crippen LogP contribution is 2.27. The average molecular weight is 590 g/mol. The van der Waals surface area contributed by atoms with E-state index in [2.05, 4.69) is 9.99 Å². The number of oxime groups is 1. The fraction of sp³-hybridized carbons (Fsp3) is 0.909. The minimum atomic E-state index is -2.04. The molecule has 2 heterocycles. The van der Waals surface area contributed by atoms with Crippen molar-refractivity contribution in [1.82, 2.24) is 0 Å². The molecule has 40 heavy (non-hydrogen) atoms. The first-order valence-electron chi connectivity index (χ1n) is 12.5. The lowest BCUT2D eigenvalue weighted by Crippen LogP contribution is -2.61. The molecule has 0 aromatic carbocycles. The minimum Gasteiger partial charge on any atom is -0.479 e. The van der Waals surface area contributed by atoms with E-state index in [-0.39, 0.29) is 0 Å². The Morgan fingerprint density at radius 3 is 1.95 bits per heavy atom. The number of carboxylic acids is 1. The van der Waals surface area contributed by atoms with Gasteiger partial charge in [-0.2, -0.15) is 0 Å². The second kappa shape index (κ2) is 16.1. The third-order valence-corrected chi connectivity index (χ3v) is 6.34. The van der Waals surface area contributed by atoms with Crippen LogP contribution in [0.5, 0.6) is 0 Å². The molecule has 0 radical (unpaired) electrons. The molecule has 0 aromatic heterocycles. The maximum absolute atomic E-state index is 10.3. The number of aliphatic carboxylic acids is 1. The second-order valence-corrected chi connectivity index (χ2v) is 9.45. The van der Waals surface area contributed by atoms with Crippen LogP contribution < -0.4 is 0 Å². The summed E-state index contributed by atoms with van der Waals surface area (Å²) in [5.41, 5.74) is 0. The van der Waals surface area contributed by atoms with Crippen molar-refractivity contribution in [3.05, 3.63) is 0 Å². The first kappa shape index (κ1) is 34.6. The second-order valence-electron chi connectivity index (χ2n) is 9.45. The minimum absolute atomic E-state index is 0.347. The fourth-order valence-electron chi connectivity index (χ4n) is 3.97. The van der Waals surface area contributed by atoms with Gasteiger partial charge in [0.1, 0.15) is 67.1 Å². The van der Waals surface area contributed by atoms with E-state index in [0.29, 0.717) is 19.1 Å². The average Bonchev–Trinajstić information content (AvgIpc) is 2.92. The third kappa shape index (κ3) is 9.19. The highest BCUT2D eigenvalue weighted by Gasteiger charge is 2.47. The van der Waals surface area contributed by atoms with Crippen molar-refractivity contribution < 1.29 is 84.8 Å². The van der Waals surface area contributed by atoms with E-state index in [4.69, 9.17) is 24.1 Å². The number of carbonyl (C=O) groups is 1. The predicted octanol–water partition coefficient (Wildman–Crippen LogP) is -6.03. The molecule has 0 aromatic rings. The molecule has 9 unspecified atom stereocenters. The predicted molar refractivity (Wildman–Crippen MR) is 126 cm³/mol. The van der Waals surface area contributed by atoms with Gasteiger partial charge >= 0.3 is 5.97 Å². The van der Waals surface area contributed by atoms with E-state index >= 15 is 0 Å². The summed E-state index contributed by atoms with van der Waals surface area (Å²) in [6, 6.07) is 0. The number of rotatable bonds is 15. The third-order valence-electron chi connectivity index (χ3n) is 6.34. The van der Waals surface area contributed by atoms with Gasteiger partial charge in [0.05, 0.1) is 25.5 Å². The van der Waals surface area contributed by atoms with Gasteiger partial charge in [0.2, 0.25) is 6.61 Å². The zero-order valence-electron chi connectivity index (χ0n) is 21.5. The molecule has 14 atom stereocenters. The standard InChI is InChI=1S/C22H39NO17/c1-2-3-10-15(30)17(32)19(34)22(39-10)37-6-11-16(31)18(33)20(35)21(40-11)36-5-9(25)14(29)13(28)8(24)4-23-38-7-12(26)27/h4,8-11,13-22,24-25,28-35H,2-3,5-7H2,1H3,(H,26,27)/b23-4+/t8?,9?,10?,11?,13?,14-,15-,16-,17?,18?,19?,20?,21+,22+/m1/s1. The summed E-state index contributed by atoms with van der Waals surface area (Å²) in [7, 11) is 0. The molecule has 2 aliphatic heterocycles. The topological polar surface area (TPSA) is 298 Å². The van der Waals surface area contributed by atoms with Crippen LogP contribution in [0.2, 0.25) is 0 Å². The molecule has 0 aliphatic carbocycles. The van der Waals surface area contributed by atoms with Crippen LogP contribution in [0.3, 0.4) is 0 Å². The van der Waals surface area contributed by atoms with Crippen molar-refractivity contribution in [2.45, 2.75) is 106 Å². The number of aliphatic hydroxyl groups is 10. The van der Waals surface area contributed by atoms with E-state index in [1.165, 1.54) is 0 Å². The van der Waals surface area contributed by atoms with Crippen LogP contribution >= 0.6 is 0 Å². The molecule has 2 saturated heterocycles. The molecule has 0 saturated carbocycles. The maximum atomic E-state index is 10.3. The van der Waals surface area contributed by atoms with Crippen LogP contribution in [-0.4, -0.2) is 174 Å². The number of carboxylic acid groups (broad SMARTS) is 1. The van der Waals surface area contributed by atoms with Gasteiger partial charge in [-0.3, -0.25) is 0 Å². The number of nitrogens with zero attached hydrogens (tertiary/aromatic N) is 1. The highest BCUT2D eigenvalue weighted by molar-refractivity contribution is 5.68. The Hall–Kier alpha value is -1.62. The first-order chi connectivity index (χ1) is 18.8. The summed E-state index contributed by atoms with van der Waals surface area (Å²) in [6.45, 7) is -0.376.